The Labute approximate surface area is 359 Å². The average molecular weight is 935 g/mol. The predicted octanol–water partition coefficient (Wildman–Crippen LogP) is 13.5. The maximum Gasteiger partial charge on any atom is 0.148 e. The first-order valence-corrected chi connectivity index (χ1v) is 19.1. The number of nitrogens with zero attached hydrogens (tertiary/aromatic N) is 3. The number of hydrogen-bond donors (Lipinski definition) is 1. The van der Waals surface area contributed by atoms with E-state index in [1.54, 1.807) is 24.4 Å². The summed E-state index contributed by atoms with van der Waals surface area (Å²) < 4.78 is 25.6. The summed E-state index contributed by atoms with van der Waals surface area (Å²) in [6.45, 7) is 4.50. The number of aromatic nitrogens is 3. The molecule has 0 spiro atoms. The zero-order valence-electron chi connectivity index (χ0n) is 35.3. The Bertz CT molecular complexity index is 3010. The van der Waals surface area contributed by atoms with Crippen LogP contribution in [0.15, 0.2) is 176 Å². The molecule has 0 aliphatic rings. The van der Waals surface area contributed by atoms with E-state index in [2.05, 4.69) is 116 Å². The van der Waals surface area contributed by atoms with Crippen LogP contribution in [0.5, 0.6) is 5.75 Å². The molecule has 0 saturated heterocycles. The number of benzene rings is 7. The molecule has 1 N–H and O–H groups in total. The molecule has 0 aliphatic carbocycles. The van der Waals surface area contributed by atoms with Gasteiger partial charge in [-0.3, -0.25) is 9.55 Å². The maximum absolute atomic E-state index is 11.4. The summed E-state index contributed by atoms with van der Waals surface area (Å²) in [5.41, 5.74) is 13.9. The Hall–Kier alpha value is -6.35. The average Bonchev–Trinajstić information content (AvgIpc) is 3.66. The molecule has 0 unspecified atom stereocenters. The van der Waals surface area contributed by atoms with Gasteiger partial charge in [-0.2, -0.15) is 0 Å². The van der Waals surface area contributed by atoms with Gasteiger partial charge in [0, 0.05) is 42.6 Å². The van der Waals surface area contributed by atoms with Crippen molar-refractivity contribution in [3.05, 3.63) is 193 Å². The molecule has 7 aromatic carbocycles. The third kappa shape index (κ3) is 7.44. The number of fused-ring (bicyclic) bond motifs is 1. The molecule has 0 atom stereocenters. The molecule has 0 radical (unpaired) electrons. The van der Waals surface area contributed by atoms with Gasteiger partial charge in [0.2, 0.25) is 0 Å². The van der Waals surface area contributed by atoms with Gasteiger partial charge >= 0.3 is 0 Å². The minimum absolute atomic E-state index is 0. The monoisotopic (exact) mass is 934 g/mol. The van der Waals surface area contributed by atoms with E-state index < -0.39 is 6.85 Å². The number of aryl methyl sites for hydroxylation is 1. The van der Waals surface area contributed by atoms with E-state index in [0.29, 0.717) is 17.0 Å². The molecule has 58 heavy (non-hydrogen) atoms. The van der Waals surface area contributed by atoms with Crippen LogP contribution in [0, 0.1) is 12.9 Å². The molecule has 0 aliphatic heterocycles. The number of hydrogen-bond acceptors (Lipinski definition) is 3. The van der Waals surface area contributed by atoms with Crippen molar-refractivity contribution in [2.75, 3.05) is 0 Å². The van der Waals surface area contributed by atoms with Crippen LogP contribution in [-0.4, -0.2) is 19.6 Å². The third-order valence-electron chi connectivity index (χ3n) is 10.5. The standard InChI is InChI=1S/C53H42N3O.Pt/c1-35-22-24-37(25-23-35)39-28-29-54-47(33-39)42-31-40(36-14-7-5-8-15-36)30-41(32-42)44-19-13-20-49-51(44)55-52(45-18-11-12-21-50(45)57)56(49)48-27-26-43(53(2,3)4)34-46(48)38-16-9-6-10-17-38;/h5-31,33-34,57H,1-4H3;/q-1;/i1D3;. The molecule has 0 amide bonds. The minimum atomic E-state index is -2.17. The molecule has 2 heterocycles. The van der Waals surface area contributed by atoms with Gasteiger partial charge in [-0.1, -0.05) is 164 Å². The summed E-state index contributed by atoms with van der Waals surface area (Å²) in [6.07, 6.45) is 1.78. The second-order valence-electron chi connectivity index (χ2n) is 15.4. The fourth-order valence-electron chi connectivity index (χ4n) is 7.52. The second kappa shape index (κ2) is 15.9. The Kier molecular flexibility index (Phi) is 9.55. The number of phenols is 1. The number of pyridine rings is 1. The zero-order chi connectivity index (χ0) is 41.6. The van der Waals surface area contributed by atoms with E-state index in [1.807, 2.05) is 66.7 Å². The van der Waals surface area contributed by atoms with Gasteiger partial charge in [-0.05, 0) is 76.5 Å². The molecule has 0 bridgehead atoms. The summed E-state index contributed by atoms with van der Waals surface area (Å²) >= 11 is 0. The van der Waals surface area contributed by atoms with Gasteiger partial charge in [0.25, 0.3) is 0 Å². The van der Waals surface area contributed by atoms with Gasteiger partial charge in [-0.25, -0.2) is 4.98 Å². The van der Waals surface area contributed by atoms with Crippen LogP contribution in [0.25, 0.3) is 83.9 Å². The minimum Gasteiger partial charge on any atom is -0.507 e. The number of para-hydroxylation sites is 2. The van der Waals surface area contributed by atoms with Crippen LogP contribution in [-0.2, 0) is 26.5 Å². The summed E-state index contributed by atoms with van der Waals surface area (Å²) in [4.78, 5) is 10.2. The van der Waals surface area contributed by atoms with Crippen molar-refractivity contribution in [2.45, 2.75) is 33.0 Å². The molecular formula is C53H42N3OPt-. The Balaban J connectivity index is 0.00000514. The SMILES string of the molecule is [2H]C([2H])([2H])c1ccc(-c2ccnc(-c3[c-]c(-c4cccc5c4nc(-c4ccccc4O)n5-c4ccc(C(C)(C)C)cc4-c4ccccc4)cc(-c4ccccc4)c3)c2)cc1.[Pt]. The number of rotatable bonds is 7. The molecule has 286 valence electrons. The van der Waals surface area contributed by atoms with E-state index in [1.165, 1.54) is 5.56 Å². The smallest absolute Gasteiger partial charge is 0.148 e. The van der Waals surface area contributed by atoms with E-state index in [4.69, 9.17) is 14.1 Å². The van der Waals surface area contributed by atoms with E-state index in [0.717, 1.165) is 72.5 Å². The number of phenolic OH excluding ortho intramolecular Hbond substituents is 1. The number of imidazole rings is 1. The van der Waals surface area contributed by atoms with E-state index in [9.17, 15) is 5.11 Å². The first-order chi connectivity index (χ1) is 28.9. The van der Waals surface area contributed by atoms with Crippen LogP contribution in [0.1, 0.15) is 36.0 Å². The van der Waals surface area contributed by atoms with Crippen LogP contribution < -0.4 is 0 Å². The molecule has 2 aromatic heterocycles. The van der Waals surface area contributed by atoms with Gasteiger partial charge < -0.3 is 5.11 Å². The Morgan fingerprint density at radius 3 is 1.98 bits per heavy atom. The Morgan fingerprint density at radius 1 is 0.586 bits per heavy atom. The predicted molar refractivity (Wildman–Crippen MR) is 235 cm³/mol. The second-order valence-corrected chi connectivity index (χ2v) is 15.4. The van der Waals surface area contributed by atoms with Crippen LogP contribution in [0.2, 0.25) is 0 Å². The number of aromatic hydroxyl groups is 1. The fourth-order valence-corrected chi connectivity index (χ4v) is 7.52. The van der Waals surface area contributed by atoms with E-state index >= 15 is 0 Å². The van der Waals surface area contributed by atoms with Crippen molar-refractivity contribution in [3.8, 4) is 78.6 Å². The van der Waals surface area contributed by atoms with Gasteiger partial charge in [0.05, 0.1) is 22.3 Å². The molecule has 9 aromatic rings. The molecule has 9 rings (SSSR count). The Morgan fingerprint density at radius 2 is 1.26 bits per heavy atom. The van der Waals surface area contributed by atoms with Crippen molar-refractivity contribution < 1.29 is 30.3 Å². The summed E-state index contributed by atoms with van der Waals surface area (Å²) in [5, 5.41) is 11.4. The quantitative estimate of drug-likeness (QED) is 0.162. The molecule has 4 nitrogen and oxygen atoms in total. The molecule has 0 saturated carbocycles. The third-order valence-corrected chi connectivity index (χ3v) is 10.5. The van der Waals surface area contributed by atoms with Crippen molar-refractivity contribution in [3.63, 3.8) is 0 Å². The normalized spacial score (nSPS) is 12.4. The van der Waals surface area contributed by atoms with Crippen LogP contribution in [0.3, 0.4) is 0 Å². The molecule has 5 heteroatoms. The van der Waals surface area contributed by atoms with Crippen molar-refractivity contribution in [1.29, 1.82) is 0 Å². The van der Waals surface area contributed by atoms with Crippen LogP contribution in [0.4, 0.5) is 0 Å². The summed E-state index contributed by atoms with van der Waals surface area (Å²) in [6, 6.07) is 59.9. The summed E-state index contributed by atoms with van der Waals surface area (Å²) in [5.74, 6) is 0.761. The topological polar surface area (TPSA) is 50.9 Å². The fraction of sp³-hybridized carbons (Fsp3) is 0.0943. The van der Waals surface area contributed by atoms with Crippen LogP contribution >= 0.6 is 0 Å². The molecular weight excluding hydrogens is 890 g/mol. The largest absolute Gasteiger partial charge is 0.507 e. The first-order valence-electron chi connectivity index (χ1n) is 20.6. The first kappa shape index (κ1) is 34.9. The molecule has 0 fully saturated rings. The van der Waals surface area contributed by atoms with Gasteiger partial charge in [0.15, 0.2) is 0 Å². The van der Waals surface area contributed by atoms with Gasteiger partial charge in [0.1, 0.15) is 11.6 Å². The zero-order valence-corrected chi connectivity index (χ0v) is 34.6. The van der Waals surface area contributed by atoms with Gasteiger partial charge in [-0.15, -0.1) is 23.8 Å². The summed E-state index contributed by atoms with van der Waals surface area (Å²) in [7, 11) is 0. The van der Waals surface area contributed by atoms with E-state index in [-0.39, 0.29) is 32.2 Å². The van der Waals surface area contributed by atoms with Crippen molar-refractivity contribution in [2.24, 2.45) is 0 Å². The van der Waals surface area contributed by atoms with Crippen molar-refractivity contribution in [1.82, 2.24) is 14.5 Å². The maximum atomic E-state index is 11.4. The van der Waals surface area contributed by atoms with Crippen molar-refractivity contribution >= 4 is 11.0 Å².